The number of carbonyl (C=O) groups excluding carboxylic acids is 2. The summed E-state index contributed by atoms with van der Waals surface area (Å²) in [6.07, 6.45) is 1.38. The maximum atomic E-state index is 13.5. The number of carbonyl (C=O) groups is 2. The summed E-state index contributed by atoms with van der Waals surface area (Å²) < 4.78 is 14.6. The summed E-state index contributed by atoms with van der Waals surface area (Å²) >= 11 is 0. The highest BCUT2D eigenvalue weighted by atomic mass is 19.1. The Bertz CT molecular complexity index is 1330. The zero-order valence-electron chi connectivity index (χ0n) is 18.8. The average Bonchev–Trinajstić information content (AvgIpc) is 3.22. The molecule has 9 nitrogen and oxygen atoms in total. The molecule has 178 valence electrons. The highest BCUT2D eigenvalue weighted by molar-refractivity contribution is 6.08. The molecule has 0 saturated carbocycles. The van der Waals surface area contributed by atoms with E-state index in [4.69, 9.17) is 4.99 Å². The lowest BCUT2D eigenvalue weighted by Gasteiger charge is -2.33. The zero-order valence-corrected chi connectivity index (χ0v) is 18.8. The molecule has 1 saturated heterocycles. The van der Waals surface area contributed by atoms with Crippen molar-refractivity contribution in [2.75, 3.05) is 13.1 Å². The van der Waals surface area contributed by atoms with Crippen molar-refractivity contribution in [3.63, 3.8) is 0 Å². The Morgan fingerprint density at radius 2 is 1.77 bits per heavy atom. The molecule has 0 bridgehead atoms. The maximum Gasteiger partial charge on any atom is 0.254 e. The fraction of sp³-hybridized carbons (Fsp3) is 0.280. The van der Waals surface area contributed by atoms with Crippen LogP contribution >= 0.6 is 0 Å². The van der Waals surface area contributed by atoms with Crippen LogP contribution in [0.5, 0.6) is 0 Å². The molecule has 1 amide bonds. The topological polar surface area (TPSA) is 111 Å². The number of benzene rings is 2. The number of hydrogen-bond donors (Lipinski definition) is 0. The Hall–Kier alpha value is -4.21. The van der Waals surface area contributed by atoms with Crippen LogP contribution in [-0.4, -0.2) is 50.2 Å². The number of fused-ring (bicyclic) bond motifs is 1. The van der Waals surface area contributed by atoms with Crippen LogP contribution < -0.4 is 0 Å². The highest BCUT2D eigenvalue weighted by Gasteiger charge is 2.34. The molecule has 3 aromatic rings. The Morgan fingerprint density at radius 1 is 1.09 bits per heavy atom. The molecule has 0 unspecified atom stereocenters. The third-order valence-electron chi connectivity index (χ3n) is 6.44. The summed E-state index contributed by atoms with van der Waals surface area (Å²) in [5, 5.41) is 15.4. The Labute approximate surface area is 200 Å². The van der Waals surface area contributed by atoms with Gasteiger partial charge in [0, 0.05) is 35.2 Å². The number of nitro groups is 1. The zero-order chi connectivity index (χ0) is 24.5. The SMILES string of the molecule is O=C(c1ccccc1)N1CCC(C2=Nc3c(-c4ccc(F)cc4)c(C[N+](=O)[O-])nn3C(=O)C2)CC1. The van der Waals surface area contributed by atoms with Crippen LogP contribution in [0.3, 0.4) is 0 Å². The van der Waals surface area contributed by atoms with Crippen molar-refractivity contribution in [1.29, 1.82) is 0 Å². The van der Waals surface area contributed by atoms with Gasteiger partial charge in [-0.1, -0.05) is 30.3 Å². The van der Waals surface area contributed by atoms with Gasteiger partial charge >= 0.3 is 0 Å². The number of hydrogen-bond acceptors (Lipinski definition) is 6. The van der Waals surface area contributed by atoms with Gasteiger partial charge in [0.15, 0.2) is 5.82 Å². The molecule has 1 aromatic heterocycles. The van der Waals surface area contributed by atoms with Crippen molar-refractivity contribution in [2.45, 2.75) is 25.8 Å². The largest absolute Gasteiger partial charge is 0.339 e. The summed E-state index contributed by atoms with van der Waals surface area (Å²) in [5.41, 5.74) is 2.31. The lowest BCUT2D eigenvalue weighted by Crippen LogP contribution is -2.41. The minimum Gasteiger partial charge on any atom is -0.339 e. The number of piperidine rings is 1. The van der Waals surface area contributed by atoms with Crippen LogP contribution in [0.15, 0.2) is 59.6 Å². The van der Waals surface area contributed by atoms with E-state index < -0.39 is 17.3 Å². The third-order valence-corrected chi connectivity index (χ3v) is 6.44. The molecule has 0 N–H and O–H groups in total. The summed E-state index contributed by atoms with van der Waals surface area (Å²) in [7, 11) is 0. The van der Waals surface area contributed by atoms with Crippen LogP contribution in [0.2, 0.25) is 0 Å². The van der Waals surface area contributed by atoms with E-state index in [2.05, 4.69) is 5.10 Å². The van der Waals surface area contributed by atoms with E-state index in [1.807, 2.05) is 18.2 Å². The molecule has 2 aliphatic rings. The Morgan fingerprint density at radius 3 is 2.43 bits per heavy atom. The standard InChI is InChI=1S/C25H22FN5O4/c26-19-8-6-17(7-9-19)23-21(15-30(34)35)28-31-22(32)14-20(27-24(23)31)16-10-12-29(13-11-16)25(33)18-4-2-1-3-5-18/h1-9,16H,10-15H2. The molecule has 0 radical (unpaired) electrons. The van der Waals surface area contributed by atoms with Crippen LogP contribution in [0.4, 0.5) is 10.2 Å². The van der Waals surface area contributed by atoms with Crippen molar-refractivity contribution in [1.82, 2.24) is 14.7 Å². The van der Waals surface area contributed by atoms with Crippen LogP contribution in [-0.2, 0) is 6.54 Å². The fourth-order valence-electron chi connectivity index (χ4n) is 4.70. The van der Waals surface area contributed by atoms with E-state index in [1.54, 1.807) is 17.0 Å². The smallest absolute Gasteiger partial charge is 0.254 e. The van der Waals surface area contributed by atoms with Gasteiger partial charge in [-0.05, 0) is 42.7 Å². The van der Waals surface area contributed by atoms with Crippen molar-refractivity contribution in [3.8, 4) is 11.1 Å². The second-order valence-corrected chi connectivity index (χ2v) is 8.66. The second-order valence-electron chi connectivity index (χ2n) is 8.66. The van der Waals surface area contributed by atoms with Crippen LogP contribution in [0, 0.1) is 21.8 Å². The van der Waals surface area contributed by atoms with Crippen LogP contribution in [0.25, 0.3) is 11.1 Å². The summed E-state index contributed by atoms with van der Waals surface area (Å²) in [6.45, 7) is 0.509. The first-order valence-corrected chi connectivity index (χ1v) is 11.4. The molecule has 35 heavy (non-hydrogen) atoms. The summed E-state index contributed by atoms with van der Waals surface area (Å²) in [6, 6.07) is 14.6. The quantitative estimate of drug-likeness (QED) is 0.407. The molecule has 0 spiro atoms. The molecule has 2 aromatic carbocycles. The van der Waals surface area contributed by atoms with Crippen LogP contribution in [0.1, 0.15) is 40.1 Å². The van der Waals surface area contributed by atoms with Gasteiger partial charge in [-0.15, -0.1) is 0 Å². The molecule has 5 rings (SSSR count). The highest BCUT2D eigenvalue weighted by Crippen LogP contribution is 2.38. The normalized spacial score (nSPS) is 16.1. The van der Waals surface area contributed by atoms with Gasteiger partial charge in [0.25, 0.3) is 11.8 Å². The molecule has 0 atom stereocenters. The van der Waals surface area contributed by atoms with Gasteiger partial charge in [0.1, 0.15) is 11.5 Å². The molecule has 2 aliphatic heterocycles. The summed E-state index contributed by atoms with van der Waals surface area (Å²) in [4.78, 5) is 43.0. The molecule has 1 fully saturated rings. The van der Waals surface area contributed by atoms with Gasteiger partial charge < -0.3 is 4.90 Å². The van der Waals surface area contributed by atoms with E-state index in [1.165, 1.54) is 24.3 Å². The number of halogens is 1. The van der Waals surface area contributed by atoms with Gasteiger partial charge in [-0.3, -0.25) is 19.7 Å². The lowest BCUT2D eigenvalue weighted by molar-refractivity contribution is -0.497. The minimum absolute atomic E-state index is 0.00227. The van der Waals surface area contributed by atoms with Gasteiger partial charge in [-0.2, -0.15) is 9.78 Å². The maximum absolute atomic E-state index is 13.5. The number of amides is 1. The average molecular weight is 475 g/mol. The van der Waals surface area contributed by atoms with E-state index in [-0.39, 0.29) is 35.7 Å². The van der Waals surface area contributed by atoms with Gasteiger partial charge in [0.05, 0.1) is 12.0 Å². The van der Waals surface area contributed by atoms with Crippen molar-refractivity contribution >= 4 is 23.3 Å². The predicted molar refractivity (Wildman–Crippen MR) is 126 cm³/mol. The van der Waals surface area contributed by atoms with Gasteiger partial charge in [0.2, 0.25) is 6.54 Å². The first kappa shape index (κ1) is 22.6. The van der Waals surface area contributed by atoms with E-state index >= 15 is 0 Å². The second kappa shape index (κ2) is 9.21. The minimum atomic E-state index is -0.579. The molecule has 0 aliphatic carbocycles. The van der Waals surface area contributed by atoms with Crippen molar-refractivity contribution < 1.29 is 18.9 Å². The van der Waals surface area contributed by atoms with E-state index in [9.17, 15) is 24.1 Å². The fourth-order valence-corrected chi connectivity index (χ4v) is 4.70. The monoisotopic (exact) mass is 475 g/mol. The number of rotatable bonds is 5. The molecule has 10 heteroatoms. The first-order chi connectivity index (χ1) is 16.9. The number of aromatic nitrogens is 2. The first-order valence-electron chi connectivity index (χ1n) is 11.4. The Kier molecular flexibility index (Phi) is 5.94. The number of aliphatic imine (C=N–C) groups is 1. The van der Waals surface area contributed by atoms with Crippen molar-refractivity contribution in [2.24, 2.45) is 10.9 Å². The third kappa shape index (κ3) is 4.46. The molecular formula is C25H22FN5O4. The van der Waals surface area contributed by atoms with Crippen molar-refractivity contribution in [3.05, 3.63) is 81.8 Å². The molecule has 3 heterocycles. The van der Waals surface area contributed by atoms with E-state index in [0.29, 0.717) is 48.3 Å². The number of likely N-dealkylation sites (tertiary alicyclic amines) is 1. The summed E-state index contributed by atoms with van der Waals surface area (Å²) in [5.74, 6) is -0.537. The predicted octanol–water partition coefficient (Wildman–Crippen LogP) is 4.13. The van der Waals surface area contributed by atoms with E-state index in [0.717, 1.165) is 4.68 Å². The Balaban J connectivity index is 1.43. The van der Waals surface area contributed by atoms with Gasteiger partial charge in [-0.25, -0.2) is 9.38 Å². The molecular weight excluding hydrogens is 453 g/mol. The lowest BCUT2D eigenvalue weighted by atomic mass is 9.89. The number of nitrogens with zero attached hydrogens (tertiary/aromatic N) is 5.